The summed E-state index contributed by atoms with van der Waals surface area (Å²) in [5.41, 5.74) is 2.50. The molecule has 150 valence electrons. The molecular weight excluding hydrogens is 356 g/mol. The van der Waals surface area contributed by atoms with Gasteiger partial charge in [0.25, 0.3) is 5.91 Å². The number of likely N-dealkylation sites (tertiary alicyclic amines) is 1. The van der Waals surface area contributed by atoms with Crippen molar-refractivity contribution in [2.45, 2.75) is 46.1 Å². The molecule has 2 aromatic rings. The molecule has 3 heterocycles. The molecule has 2 saturated heterocycles. The van der Waals surface area contributed by atoms with E-state index in [1.54, 1.807) is 6.92 Å². The van der Waals surface area contributed by atoms with Gasteiger partial charge in [-0.15, -0.1) is 0 Å². The summed E-state index contributed by atoms with van der Waals surface area (Å²) < 4.78 is 11.4. The van der Waals surface area contributed by atoms with Crippen LogP contribution in [0.4, 0.5) is 0 Å². The predicted molar refractivity (Wildman–Crippen MR) is 108 cm³/mol. The molecule has 1 amide bonds. The SMILES string of the molecule is Cc1cc(OCC(=O)N2CC[C@@H]3NCCC[C@@H]3C2)c2c(C)c(C)c(=O)oc2c1. The van der Waals surface area contributed by atoms with E-state index in [-0.39, 0.29) is 18.1 Å². The molecule has 2 atom stereocenters. The summed E-state index contributed by atoms with van der Waals surface area (Å²) in [5.74, 6) is 1.16. The highest BCUT2D eigenvalue weighted by Gasteiger charge is 2.32. The highest BCUT2D eigenvalue weighted by Crippen LogP contribution is 2.31. The minimum atomic E-state index is -0.332. The fourth-order valence-corrected chi connectivity index (χ4v) is 4.50. The minimum Gasteiger partial charge on any atom is -0.483 e. The van der Waals surface area contributed by atoms with Gasteiger partial charge in [0.2, 0.25) is 0 Å². The lowest BCUT2D eigenvalue weighted by atomic mass is 9.85. The molecule has 1 aromatic carbocycles. The molecule has 6 heteroatoms. The van der Waals surface area contributed by atoms with E-state index in [1.165, 1.54) is 12.8 Å². The van der Waals surface area contributed by atoms with E-state index in [9.17, 15) is 9.59 Å². The molecule has 2 aliphatic rings. The lowest BCUT2D eigenvalue weighted by molar-refractivity contribution is -0.135. The summed E-state index contributed by atoms with van der Waals surface area (Å²) in [7, 11) is 0. The topological polar surface area (TPSA) is 71.8 Å². The Morgan fingerprint density at radius 1 is 1.25 bits per heavy atom. The molecule has 4 rings (SSSR count). The normalized spacial score (nSPS) is 22.2. The van der Waals surface area contributed by atoms with E-state index < -0.39 is 0 Å². The molecule has 0 saturated carbocycles. The number of nitrogens with one attached hydrogen (secondary N) is 1. The second kappa shape index (κ2) is 7.59. The number of piperidine rings is 2. The van der Waals surface area contributed by atoms with Crippen molar-refractivity contribution in [2.75, 3.05) is 26.2 Å². The van der Waals surface area contributed by atoms with Crippen LogP contribution in [0.3, 0.4) is 0 Å². The maximum atomic E-state index is 12.8. The Labute approximate surface area is 164 Å². The zero-order valence-corrected chi connectivity index (χ0v) is 16.8. The molecule has 2 aliphatic heterocycles. The fraction of sp³-hybridized carbons (Fsp3) is 0.545. The first-order chi connectivity index (χ1) is 13.4. The third-order valence-corrected chi connectivity index (χ3v) is 6.25. The van der Waals surface area contributed by atoms with Crippen molar-refractivity contribution in [2.24, 2.45) is 5.92 Å². The Hall–Kier alpha value is -2.34. The van der Waals surface area contributed by atoms with Crippen LogP contribution in [-0.2, 0) is 4.79 Å². The van der Waals surface area contributed by atoms with E-state index in [4.69, 9.17) is 9.15 Å². The zero-order valence-electron chi connectivity index (χ0n) is 16.8. The molecule has 0 bridgehead atoms. The lowest BCUT2D eigenvalue weighted by Gasteiger charge is -2.41. The number of aryl methyl sites for hydroxylation is 2. The second-order valence-corrected chi connectivity index (χ2v) is 8.16. The Morgan fingerprint density at radius 3 is 2.89 bits per heavy atom. The van der Waals surface area contributed by atoms with Crippen LogP contribution in [-0.4, -0.2) is 43.1 Å². The summed E-state index contributed by atoms with van der Waals surface area (Å²) in [5, 5.41) is 4.34. The molecule has 1 N–H and O–H groups in total. The van der Waals surface area contributed by atoms with Crippen molar-refractivity contribution >= 4 is 16.9 Å². The maximum absolute atomic E-state index is 12.8. The summed E-state index contributed by atoms with van der Waals surface area (Å²) >= 11 is 0. The Morgan fingerprint density at radius 2 is 2.07 bits per heavy atom. The van der Waals surface area contributed by atoms with Gasteiger partial charge in [0.15, 0.2) is 6.61 Å². The smallest absolute Gasteiger partial charge is 0.339 e. The van der Waals surface area contributed by atoms with Crippen molar-refractivity contribution in [3.63, 3.8) is 0 Å². The summed E-state index contributed by atoms with van der Waals surface area (Å²) in [6.45, 7) is 8.23. The number of fused-ring (bicyclic) bond motifs is 2. The van der Waals surface area contributed by atoms with Gasteiger partial charge in [-0.2, -0.15) is 0 Å². The first-order valence-electron chi connectivity index (χ1n) is 10.1. The van der Waals surface area contributed by atoms with Crippen LogP contribution in [0.25, 0.3) is 11.0 Å². The zero-order chi connectivity index (χ0) is 19.8. The van der Waals surface area contributed by atoms with Gasteiger partial charge in [-0.1, -0.05) is 0 Å². The molecule has 1 aromatic heterocycles. The summed E-state index contributed by atoms with van der Waals surface area (Å²) in [6.07, 6.45) is 3.37. The highest BCUT2D eigenvalue weighted by molar-refractivity contribution is 5.88. The van der Waals surface area contributed by atoms with Crippen molar-refractivity contribution in [1.82, 2.24) is 10.2 Å². The number of ether oxygens (including phenoxy) is 1. The molecule has 0 unspecified atom stereocenters. The molecule has 0 radical (unpaired) electrons. The van der Waals surface area contributed by atoms with Crippen LogP contribution in [0.15, 0.2) is 21.3 Å². The van der Waals surface area contributed by atoms with Crippen LogP contribution in [0.2, 0.25) is 0 Å². The standard InChI is InChI=1S/C22H28N2O4/c1-13-9-18(21-14(2)15(3)22(26)28-19(21)10-13)27-12-20(25)24-8-6-17-16(11-24)5-4-7-23-17/h9-10,16-17,23H,4-8,11-12H2,1-3H3/t16-,17+/m1/s1. The van der Waals surface area contributed by atoms with Crippen LogP contribution < -0.4 is 15.7 Å². The van der Waals surface area contributed by atoms with E-state index >= 15 is 0 Å². The quantitative estimate of drug-likeness (QED) is 0.824. The fourth-order valence-electron chi connectivity index (χ4n) is 4.50. The van der Waals surface area contributed by atoms with E-state index in [1.807, 2.05) is 30.9 Å². The summed E-state index contributed by atoms with van der Waals surface area (Å²) in [6, 6.07) is 4.28. The van der Waals surface area contributed by atoms with Crippen molar-refractivity contribution in [1.29, 1.82) is 0 Å². The van der Waals surface area contributed by atoms with Crippen molar-refractivity contribution < 1.29 is 13.9 Å². The van der Waals surface area contributed by atoms with Gasteiger partial charge in [0.1, 0.15) is 11.3 Å². The molecule has 6 nitrogen and oxygen atoms in total. The third-order valence-electron chi connectivity index (χ3n) is 6.25. The van der Waals surface area contributed by atoms with Gasteiger partial charge >= 0.3 is 5.63 Å². The lowest BCUT2D eigenvalue weighted by Crippen LogP contribution is -2.54. The van der Waals surface area contributed by atoms with Crippen LogP contribution in [0, 0.1) is 26.7 Å². The van der Waals surface area contributed by atoms with Gasteiger partial charge in [-0.25, -0.2) is 4.79 Å². The summed E-state index contributed by atoms with van der Waals surface area (Å²) in [4.78, 5) is 26.7. The Bertz CT molecular complexity index is 965. The molecular formula is C22H28N2O4. The first-order valence-corrected chi connectivity index (χ1v) is 10.1. The average molecular weight is 384 g/mol. The van der Waals surface area contributed by atoms with Crippen LogP contribution in [0.5, 0.6) is 5.75 Å². The monoisotopic (exact) mass is 384 g/mol. The van der Waals surface area contributed by atoms with Crippen molar-refractivity contribution in [3.8, 4) is 5.75 Å². The molecule has 0 aliphatic carbocycles. The highest BCUT2D eigenvalue weighted by atomic mass is 16.5. The minimum absolute atomic E-state index is 0.000975. The van der Waals surface area contributed by atoms with Gasteiger partial charge in [-0.05, 0) is 75.8 Å². The van der Waals surface area contributed by atoms with Gasteiger partial charge < -0.3 is 19.4 Å². The number of amides is 1. The third kappa shape index (κ3) is 3.53. The number of carbonyl (C=O) groups excluding carboxylic acids is 1. The van der Waals surface area contributed by atoms with Gasteiger partial charge in [-0.3, -0.25) is 4.79 Å². The average Bonchev–Trinajstić information content (AvgIpc) is 2.69. The maximum Gasteiger partial charge on any atom is 0.339 e. The van der Waals surface area contributed by atoms with Crippen LogP contribution in [0.1, 0.15) is 36.0 Å². The number of nitrogens with zero attached hydrogens (tertiary/aromatic N) is 1. The number of rotatable bonds is 3. The molecule has 28 heavy (non-hydrogen) atoms. The van der Waals surface area contributed by atoms with Gasteiger partial charge in [0.05, 0.1) is 5.39 Å². The van der Waals surface area contributed by atoms with Crippen LogP contribution >= 0.6 is 0 Å². The molecule has 0 spiro atoms. The predicted octanol–water partition coefficient (Wildman–Crippen LogP) is 2.70. The van der Waals surface area contributed by atoms with E-state index in [0.717, 1.165) is 42.6 Å². The van der Waals surface area contributed by atoms with Crippen molar-refractivity contribution in [3.05, 3.63) is 39.2 Å². The van der Waals surface area contributed by atoms with Gasteiger partial charge in [0, 0.05) is 24.7 Å². The second-order valence-electron chi connectivity index (χ2n) is 8.16. The largest absolute Gasteiger partial charge is 0.483 e. The molecule has 2 fully saturated rings. The Balaban J connectivity index is 1.52. The number of hydrogen-bond acceptors (Lipinski definition) is 5. The number of carbonyl (C=O) groups is 1. The number of hydrogen-bond donors (Lipinski definition) is 1. The Kier molecular flexibility index (Phi) is 5.15. The van der Waals surface area contributed by atoms with E-state index in [2.05, 4.69) is 5.32 Å². The number of benzene rings is 1. The first kappa shape index (κ1) is 19.0. The van der Waals surface area contributed by atoms with E-state index in [0.29, 0.717) is 28.9 Å².